The summed E-state index contributed by atoms with van der Waals surface area (Å²) >= 11 is 0. The van der Waals surface area contributed by atoms with Crippen molar-refractivity contribution < 1.29 is 18.8 Å². The van der Waals surface area contributed by atoms with E-state index in [-0.39, 0.29) is 5.91 Å². The number of carbonyl (C=O) groups is 1. The number of nitrogen functional groups attached to an aromatic ring is 1. The molecule has 0 unspecified atom stereocenters. The Morgan fingerprint density at radius 3 is 2.67 bits per heavy atom. The molecular weight excluding hydrogens is 276 g/mol. The van der Waals surface area contributed by atoms with Crippen molar-refractivity contribution in [1.82, 2.24) is 15.5 Å². The summed E-state index contributed by atoms with van der Waals surface area (Å²) in [5, 5.41) is 6.38. The van der Waals surface area contributed by atoms with E-state index in [4.69, 9.17) is 15.2 Å². The minimum atomic E-state index is -0.308. The van der Waals surface area contributed by atoms with Crippen molar-refractivity contribution in [3.63, 3.8) is 0 Å². The molecule has 3 N–H and O–H groups in total. The topological polar surface area (TPSA) is 112 Å². The number of nitrogens with two attached hydrogens (primary N) is 1. The minimum Gasteiger partial charge on any atom is -0.493 e. The summed E-state index contributed by atoms with van der Waals surface area (Å²) in [6, 6.07) is 3.09. The molecule has 0 aliphatic carbocycles. The van der Waals surface area contributed by atoms with E-state index in [1.54, 1.807) is 6.07 Å². The van der Waals surface area contributed by atoms with Crippen LogP contribution in [-0.4, -0.2) is 36.8 Å². The summed E-state index contributed by atoms with van der Waals surface area (Å²) in [5.74, 6) is 1.13. The van der Waals surface area contributed by atoms with Gasteiger partial charge in [0, 0.05) is 24.7 Å². The molecule has 0 aliphatic rings. The third-order valence-electron chi connectivity index (χ3n) is 2.84. The Balaban J connectivity index is 2.04. The summed E-state index contributed by atoms with van der Waals surface area (Å²) in [6.45, 7) is 0.367. The SMILES string of the molecule is COc1cc(N)c(C(=O)NCCc2ncon2)cc1OC. The molecule has 1 aromatic heterocycles. The number of carbonyl (C=O) groups excluding carboxylic acids is 1. The van der Waals surface area contributed by atoms with Crippen LogP contribution in [0.15, 0.2) is 23.0 Å². The summed E-state index contributed by atoms with van der Waals surface area (Å²) in [4.78, 5) is 16.0. The van der Waals surface area contributed by atoms with Gasteiger partial charge in [-0.1, -0.05) is 5.16 Å². The fourth-order valence-electron chi connectivity index (χ4n) is 1.78. The third kappa shape index (κ3) is 3.41. The lowest BCUT2D eigenvalue weighted by Crippen LogP contribution is -2.26. The van der Waals surface area contributed by atoms with Gasteiger partial charge in [0.1, 0.15) is 0 Å². The van der Waals surface area contributed by atoms with Crippen LogP contribution in [0.3, 0.4) is 0 Å². The van der Waals surface area contributed by atoms with Crippen LogP contribution in [0.5, 0.6) is 11.5 Å². The van der Waals surface area contributed by atoms with Gasteiger partial charge in [-0.25, -0.2) is 0 Å². The lowest BCUT2D eigenvalue weighted by atomic mass is 10.1. The molecule has 8 heteroatoms. The Bertz CT molecular complexity index is 613. The van der Waals surface area contributed by atoms with Gasteiger partial charge in [-0.2, -0.15) is 4.98 Å². The van der Waals surface area contributed by atoms with Gasteiger partial charge in [0.2, 0.25) is 6.39 Å². The summed E-state index contributed by atoms with van der Waals surface area (Å²) < 4.78 is 14.9. The maximum Gasteiger partial charge on any atom is 0.253 e. The molecular formula is C13H16N4O4. The van der Waals surface area contributed by atoms with Crippen LogP contribution in [0, 0.1) is 0 Å². The number of amides is 1. The zero-order chi connectivity index (χ0) is 15.2. The number of hydrogen-bond donors (Lipinski definition) is 2. The fourth-order valence-corrected chi connectivity index (χ4v) is 1.78. The van der Waals surface area contributed by atoms with E-state index < -0.39 is 0 Å². The standard InChI is InChI=1S/C13H16N4O4/c1-19-10-5-8(9(14)6-11(10)20-2)13(18)15-4-3-12-16-7-21-17-12/h5-7H,3-4,14H2,1-2H3,(H,15,18). The van der Waals surface area contributed by atoms with Gasteiger partial charge in [-0.15, -0.1) is 0 Å². The number of aromatic nitrogens is 2. The Morgan fingerprint density at radius 1 is 1.33 bits per heavy atom. The fraction of sp³-hybridized carbons (Fsp3) is 0.308. The molecule has 0 radical (unpaired) electrons. The largest absolute Gasteiger partial charge is 0.493 e. The number of anilines is 1. The van der Waals surface area contributed by atoms with Crippen LogP contribution in [0.4, 0.5) is 5.69 Å². The quantitative estimate of drug-likeness (QED) is 0.751. The third-order valence-corrected chi connectivity index (χ3v) is 2.84. The highest BCUT2D eigenvalue weighted by atomic mass is 16.5. The Kier molecular flexibility index (Phi) is 4.60. The molecule has 0 saturated carbocycles. The zero-order valence-corrected chi connectivity index (χ0v) is 11.8. The molecule has 1 heterocycles. The molecule has 8 nitrogen and oxygen atoms in total. The van der Waals surface area contributed by atoms with Crippen LogP contribution in [-0.2, 0) is 6.42 Å². The van der Waals surface area contributed by atoms with Gasteiger partial charge >= 0.3 is 0 Å². The van der Waals surface area contributed by atoms with Crippen molar-refractivity contribution in [2.45, 2.75) is 6.42 Å². The van der Waals surface area contributed by atoms with Crippen molar-refractivity contribution in [3.8, 4) is 11.5 Å². The first-order valence-corrected chi connectivity index (χ1v) is 6.20. The van der Waals surface area contributed by atoms with Crippen molar-refractivity contribution >= 4 is 11.6 Å². The number of benzene rings is 1. The summed E-state index contributed by atoms with van der Waals surface area (Å²) in [7, 11) is 2.99. The molecule has 0 spiro atoms. The first-order chi connectivity index (χ1) is 10.2. The average molecular weight is 292 g/mol. The number of ether oxygens (including phenoxy) is 2. The van der Waals surface area contributed by atoms with E-state index in [2.05, 4.69) is 20.0 Å². The highest BCUT2D eigenvalue weighted by Gasteiger charge is 2.15. The van der Waals surface area contributed by atoms with Crippen molar-refractivity contribution in [3.05, 3.63) is 29.9 Å². The smallest absolute Gasteiger partial charge is 0.253 e. The zero-order valence-electron chi connectivity index (χ0n) is 11.8. The Hall–Kier alpha value is -2.77. The highest BCUT2D eigenvalue weighted by molar-refractivity contribution is 6.00. The molecule has 0 bridgehead atoms. The van der Waals surface area contributed by atoms with Crippen LogP contribution in [0.25, 0.3) is 0 Å². The maximum absolute atomic E-state index is 12.1. The maximum atomic E-state index is 12.1. The van der Waals surface area contributed by atoms with Gasteiger partial charge in [-0.05, 0) is 6.07 Å². The molecule has 112 valence electrons. The Labute approximate surface area is 121 Å². The number of nitrogens with one attached hydrogen (secondary N) is 1. The Morgan fingerprint density at radius 2 is 2.05 bits per heavy atom. The van der Waals surface area contributed by atoms with E-state index in [1.807, 2.05) is 0 Å². The van der Waals surface area contributed by atoms with Crippen LogP contribution in [0.1, 0.15) is 16.2 Å². The monoisotopic (exact) mass is 292 g/mol. The van der Waals surface area contributed by atoms with Crippen LogP contribution < -0.4 is 20.5 Å². The highest BCUT2D eigenvalue weighted by Crippen LogP contribution is 2.31. The second-order valence-electron chi connectivity index (χ2n) is 4.15. The summed E-state index contributed by atoms with van der Waals surface area (Å²) in [6.07, 6.45) is 1.71. The first kappa shape index (κ1) is 14.6. The number of methoxy groups -OCH3 is 2. The van der Waals surface area contributed by atoms with E-state index in [1.165, 1.54) is 26.7 Å². The number of hydrogen-bond acceptors (Lipinski definition) is 7. The van der Waals surface area contributed by atoms with Gasteiger partial charge < -0.3 is 25.0 Å². The first-order valence-electron chi connectivity index (χ1n) is 6.20. The molecule has 0 saturated heterocycles. The number of nitrogens with zero attached hydrogens (tertiary/aromatic N) is 2. The molecule has 2 aromatic rings. The van der Waals surface area contributed by atoms with E-state index in [9.17, 15) is 4.79 Å². The van der Waals surface area contributed by atoms with E-state index in [0.29, 0.717) is 41.5 Å². The van der Waals surface area contributed by atoms with Crippen molar-refractivity contribution in [2.75, 3.05) is 26.5 Å². The van der Waals surface area contributed by atoms with Crippen molar-refractivity contribution in [1.29, 1.82) is 0 Å². The predicted octanol–water partition coefficient (Wildman–Crippen LogP) is 0.641. The van der Waals surface area contributed by atoms with E-state index >= 15 is 0 Å². The minimum absolute atomic E-state index is 0.308. The summed E-state index contributed by atoms with van der Waals surface area (Å²) in [5.41, 5.74) is 6.48. The average Bonchev–Trinajstić information content (AvgIpc) is 3.00. The molecule has 1 aromatic carbocycles. The lowest BCUT2D eigenvalue weighted by Gasteiger charge is -2.12. The lowest BCUT2D eigenvalue weighted by molar-refractivity contribution is 0.0954. The normalized spacial score (nSPS) is 10.2. The van der Waals surface area contributed by atoms with Gasteiger partial charge in [0.25, 0.3) is 5.91 Å². The predicted molar refractivity (Wildman–Crippen MR) is 74.3 cm³/mol. The van der Waals surface area contributed by atoms with Gasteiger partial charge in [0.05, 0.1) is 19.8 Å². The second kappa shape index (κ2) is 6.60. The molecule has 0 atom stereocenters. The molecule has 21 heavy (non-hydrogen) atoms. The molecule has 0 aliphatic heterocycles. The van der Waals surface area contributed by atoms with Crippen LogP contribution in [0.2, 0.25) is 0 Å². The van der Waals surface area contributed by atoms with Gasteiger partial charge in [-0.3, -0.25) is 4.79 Å². The molecule has 0 fully saturated rings. The van der Waals surface area contributed by atoms with E-state index in [0.717, 1.165) is 0 Å². The van der Waals surface area contributed by atoms with Gasteiger partial charge in [0.15, 0.2) is 17.3 Å². The molecule has 1 amide bonds. The van der Waals surface area contributed by atoms with Crippen LogP contribution >= 0.6 is 0 Å². The molecule has 2 rings (SSSR count). The second-order valence-corrected chi connectivity index (χ2v) is 4.15. The van der Waals surface area contributed by atoms with Crippen molar-refractivity contribution in [2.24, 2.45) is 0 Å². The number of rotatable bonds is 6.